The van der Waals surface area contributed by atoms with Crippen molar-refractivity contribution in [1.82, 2.24) is 10.3 Å². The van der Waals surface area contributed by atoms with E-state index in [-0.39, 0.29) is 11.8 Å². The molecule has 0 unspecified atom stereocenters. The smallest absolute Gasteiger partial charge is 0.407 e. The highest BCUT2D eigenvalue weighted by molar-refractivity contribution is 5.73. The van der Waals surface area contributed by atoms with Crippen molar-refractivity contribution < 1.29 is 19.1 Å². The van der Waals surface area contributed by atoms with Crippen LogP contribution in [0.15, 0.2) is 35.3 Å². The third-order valence-corrected chi connectivity index (χ3v) is 3.41. The lowest BCUT2D eigenvalue weighted by atomic mass is 10.2. The van der Waals surface area contributed by atoms with Gasteiger partial charge in [-0.15, -0.1) is 0 Å². The number of aldehydes is 1. The van der Waals surface area contributed by atoms with Crippen LogP contribution in [-0.2, 0) is 20.9 Å². The lowest BCUT2D eigenvalue weighted by Gasteiger charge is -2.19. The van der Waals surface area contributed by atoms with Gasteiger partial charge in [-0.3, -0.25) is 9.79 Å². The number of ether oxygens (including phenoxy) is 2. The molecule has 0 aliphatic carbocycles. The van der Waals surface area contributed by atoms with E-state index in [0.29, 0.717) is 19.4 Å². The van der Waals surface area contributed by atoms with Gasteiger partial charge in [-0.1, -0.05) is 0 Å². The molecular weight excluding hydrogens is 360 g/mol. The Morgan fingerprint density at radius 1 is 1.29 bits per heavy atom. The second-order valence-corrected chi connectivity index (χ2v) is 7.10. The Kier molecular flexibility index (Phi) is 10.3. The van der Waals surface area contributed by atoms with Crippen LogP contribution in [0.1, 0.15) is 45.6 Å². The van der Waals surface area contributed by atoms with Crippen molar-refractivity contribution in [2.45, 2.75) is 52.2 Å². The lowest BCUT2D eigenvalue weighted by Crippen LogP contribution is -2.33. The van der Waals surface area contributed by atoms with Gasteiger partial charge < -0.3 is 20.1 Å². The lowest BCUT2D eigenvalue weighted by molar-refractivity contribution is -0.105. The largest absolute Gasteiger partial charge is 0.494 e. The van der Waals surface area contributed by atoms with Gasteiger partial charge in [0.15, 0.2) is 6.29 Å². The number of hydrogen-bond donors (Lipinski definition) is 2. The van der Waals surface area contributed by atoms with Crippen molar-refractivity contribution in [2.75, 3.05) is 18.4 Å². The van der Waals surface area contributed by atoms with E-state index in [1.807, 2.05) is 32.9 Å². The third-order valence-electron chi connectivity index (χ3n) is 3.41. The summed E-state index contributed by atoms with van der Waals surface area (Å²) < 4.78 is 10.5. The summed E-state index contributed by atoms with van der Waals surface area (Å²) in [4.78, 5) is 29.9. The van der Waals surface area contributed by atoms with Gasteiger partial charge in [0.2, 0.25) is 0 Å². The van der Waals surface area contributed by atoms with Crippen LogP contribution in [0, 0.1) is 0 Å². The molecule has 8 heteroatoms. The maximum Gasteiger partial charge on any atom is 0.407 e. The summed E-state index contributed by atoms with van der Waals surface area (Å²) in [5.41, 5.74) is 0.592. The molecule has 0 aliphatic heterocycles. The Morgan fingerprint density at radius 2 is 2.04 bits per heavy atom. The van der Waals surface area contributed by atoms with Crippen LogP contribution in [0.3, 0.4) is 0 Å². The number of anilines is 1. The number of amides is 1. The molecule has 1 heterocycles. The molecular formula is C20H30N4O4. The molecule has 154 valence electrons. The maximum absolute atomic E-state index is 11.5. The number of carbonyl (C=O) groups excluding carboxylic acids is 2. The van der Waals surface area contributed by atoms with Crippen LogP contribution in [0.2, 0.25) is 0 Å². The number of rotatable bonds is 12. The second kappa shape index (κ2) is 12.5. The van der Waals surface area contributed by atoms with Gasteiger partial charge in [-0.25, -0.2) is 9.78 Å². The van der Waals surface area contributed by atoms with E-state index >= 15 is 0 Å². The fourth-order valence-electron chi connectivity index (χ4n) is 2.13. The quantitative estimate of drug-likeness (QED) is 0.186. The molecule has 0 saturated heterocycles. The predicted molar refractivity (Wildman–Crippen MR) is 109 cm³/mol. The van der Waals surface area contributed by atoms with E-state index in [2.05, 4.69) is 27.3 Å². The zero-order chi connectivity index (χ0) is 20.8. The Hall–Kier alpha value is -2.90. The summed E-state index contributed by atoms with van der Waals surface area (Å²) in [6.45, 7) is 10.5. The average molecular weight is 390 g/mol. The number of aliphatic imine (C=N–C) groups is 1. The van der Waals surface area contributed by atoms with Crippen LogP contribution < -0.4 is 10.6 Å². The number of aromatic nitrogens is 1. The number of carbonyl (C=O) groups is 2. The number of unbranched alkanes of at least 4 members (excludes halogenated alkanes) is 2. The molecule has 0 aliphatic rings. The summed E-state index contributed by atoms with van der Waals surface area (Å²) >= 11 is 0. The molecule has 2 N–H and O–H groups in total. The Bertz CT molecular complexity index is 658. The van der Waals surface area contributed by atoms with Crippen molar-refractivity contribution in [2.24, 2.45) is 4.99 Å². The Balaban J connectivity index is 2.20. The van der Waals surface area contributed by atoms with Gasteiger partial charge >= 0.3 is 6.09 Å². The summed E-state index contributed by atoms with van der Waals surface area (Å²) in [6, 6.07) is 3.73. The Labute approximate surface area is 166 Å². The molecule has 1 aromatic rings. The van der Waals surface area contributed by atoms with Crippen molar-refractivity contribution in [3.8, 4) is 0 Å². The van der Waals surface area contributed by atoms with Crippen LogP contribution >= 0.6 is 0 Å². The molecule has 0 fully saturated rings. The van der Waals surface area contributed by atoms with Crippen molar-refractivity contribution >= 4 is 24.9 Å². The SMILES string of the molecule is C=N/C(C=O)=C\OCc1ccnc(NCCCCCNC(=O)OC(C)(C)C)c1. The molecule has 1 rings (SSSR count). The van der Waals surface area contributed by atoms with Gasteiger partial charge in [-0.05, 0) is 64.4 Å². The number of allylic oxidation sites excluding steroid dienone is 1. The zero-order valence-corrected chi connectivity index (χ0v) is 16.9. The first-order valence-corrected chi connectivity index (χ1v) is 9.23. The molecule has 0 atom stereocenters. The fourth-order valence-corrected chi connectivity index (χ4v) is 2.13. The fraction of sp³-hybridized carbons (Fsp3) is 0.500. The van der Waals surface area contributed by atoms with E-state index < -0.39 is 5.60 Å². The van der Waals surface area contributed by atoms with Crippen LogP contribution in [0.25, 0.3) is 0 Å². The molecule has 28 heavy (non-hydrogen) atoms. The van der Waals surface area contributed by atoms with E-state index in [1.165, 1.54) is 6.26 Å². The molecule has 0 radical (unpaired) electrons. The summed E-state index contributed by atoms with van der Waals surface area (Å²) in [5, 5.41) is 6.00. The maximum atomic E-state index is 11.5. The van der Waals surface area contributed by atoms with Crippen molar-refractivity contribution in [3.63, 3.8) is 0 Å². The first-order chi connectivity index (χ1) is 13.3. The number of hydrogen-bond acceptors (Lipinski definition) is 7. The highest BCUT2D eigenvalue weighted by atomic mass is 16.6. The minimum Gasteiger partial charge on any atom is -0.494 e. The molecule has 0 aromatic carbocycles. The highest BCUT2D eigenvalue weighted by Crippen LogP contribution is 2.09. The van der Waals surface area contributed by atoms with Gasteiger partial charge in [0, 0.05) is 19.3 Å². The molecule has 0 saturated carbocycles. The second-order valence-electron chi connectivity index (χ2n) is 7.10. The first kappa shape index (κ1) is 23.1. The third kappa shape index (κ3) is 10.9. The standard InChI is InChI=1S/C20H30N4O4/c1-20(2,3)28-19(26)24-10-7-5-6-9-22-18-12-16(8-11-23-18)14-27-15-17(13-25)21-4/h8,11-13,15H,4-7,9-10,14H2,1-3H3,(H,22,23)(H,24,26)/b17-15-. The topological polar surface area (TPSA) is 102 Å². The molecule has 1 aromatic heterocycles. The molecule has 1 amide bonds. The Morgan fingerprint density at radius 3 is 2.71 bits per heavy atom. The molecule has 8 nitrogen and oxygen atoms in total. The van der Waals surface area contributed by atoms with E-state index in [0.717, 1.165) is 37.2 Å². The van der Waals surface area contributed by atoms with Gasteiger partial charge in [0.1, 0.15) is 30.0 Å². The van der Waals surface area contributed by atoms with Crippen molar-refractivity contribution in [1.29, 1.82) is 0 Å². The number of pyridine rings is 1. The van der Waals surface area contributed by atoms with E-state index in [9.17, 15) is 9.59 Å². The average Bonchev–Trinajstić information content (AvgIpc) is 2.63. The van der Waals surface area contributed by atoms with Crippen LogP contribution in [0.5, 0.6) is 0 Å². The van der Waals surface area contributed by atoms with Gasteiger partial charge in [0.05, 0.1) is 0 Å². The van der Waals surface area contributed by atoms with Crippen LogP contribution in [-0.4, -0.2) is 42.8 Å². The summed E-state index contributed by atoms with van der Waals surface area (Å²) in [7, 11) is 0. The van der Waals surface area contributed by atoms with E-state index in [4.69, 9.17) is 9.47 Å². The number of nitrogens with one attached hydrogen (secondary N) is 2. The van der Waals surface area contributed by atoms with Gasteiger partial charge in [-0.2, -0.15) is 0 Å². The monoisotopic (exact) mass is 390 g/mol. The molecule has 0 bridgehead atoms. The minimum absolute atomic E-state index is 0.147. The van der Waals surface area contributed by atoms with Crippen molar-refractivity contribution in [3.05, 3.63) is 35.9 Å². The predicted octanol–water partition coefficient (Wildman–Crippen LogP) is 3.45. The zero-order valence-electron chi connectivity index (χ0n) is 16.9. The minimum atomic E-state index is -0.476. The normalized spacial score (nSPS) is 11.5. The number of nitrogens with zero attached hydrogens (tertiary/aromatic N) is 2. The number of alkyl carbamates (subject to hydrolysis) is 1. The first-order valence-electron chi connectivity index (χ1n) is 9.23. The van der Waals surface area contributed by atoms with Gasteiger partial charge in [0.25, 0.3) is 0 Å². The highest BCUT2D eigenvalue weighted by Gasteiger charge is 2.15. The summed E-state index contributed by atoms with van der Waals surface area (Å²) in [5.74, 6) is 0.759. The summed E-state index contributed by atoms with van der Waals surface area (Å²) in [6.07, 6.45) is 5.98. The molecule has 0 spiro atoms. The van der Waals surface area contributed by atoms with Crippen LogP contribution in [0.4, 0.5) is 10.6 Å². The van der Waals surface area contributed by atoms with E-state index in [1.54, 1.807) is 6.20 Å².